The van der Waals surface area contributed by atoms with Gasteiger partial charge in [0.15, 0.2) is 0 Å². The van der Waals surface area contributed by atoms with Gasteiger partial charge in [-0.15, -0.1) is 0 Å². The number of hydrogen-bond donors (Lipinski definition) is 1. The van der Waals surface area contributed by atoms with Gasteiger partial charge in [0, 0.05) is 11.6 Å². The van der Waals surface area contributed by atoms with Crippen molar-refractivity contribution in [3.8, 4) is 11.5 Å². The highest BCUT2D eigenvalue weighted by molar-refractivity contribution is 5.46. The van der Waals surface area contributed by atoms with Crippen LogP contribution in [0.3, 0.4) is 0 Å². The minimum atomic E-state index is -0.502. The lowest BCUT2D eigenvalue weighted by molar-refractivity contribution is -0.385. The Kier molecular flexibility index (Phi) is 3.90. The highest BCUT2D eigenvalue weighted by Crippen LogP contribution is 2.27. The first-order chi connectivity index (χ1) is 7.81. The third-order valence-electron chi connectivity index (χ3n) is 1.92. The number of non-ortho nitro benzene ring substituents is 1. The molecule has 0 heterocycles. The van der Waals surface area contributed by atoms with Gasteiger partial charge in [-0.05, 0) is 13.8 Å². The molecule has 1 rings (SSSR count). The summed E-state index contributed by atoms with van der Waals surface area (Å²) < 4.78 is 10.4. The van der Waals surface area contributed by atoms with Crippen LogP contribution in [0.15, 0.2) is 18.2 Å². The molecule has 0 spiro atoms. The number of ether oxygens (including phenoxy) is 2. The lowest BCUT2D eigenvalue weighted by Gasteiger charge is -2.19. The Hall–Kier alpha value is -1.82. The number of nitro groups is 1. The molecule has 0 unspecified atom stereocenters. The van der Waals surface area contributed by atoms with Crippen LogP contribution in [0.25, 0.3) is 0 Å². The SMILES string of the molecule is COc1cc(OCC(C)(C)N)cc([N+](=O)[O-])c1. The second-order valence-electron chi connectivity index (χ2n) is 4.40. The molecule has 0 aliphatic carbocycles. The first-order valence-electron chi connectivity index (χ1n) is 5.07. The molecule has 0 amide bonds. The van der Waals surface area contributed by atoms with Gasteiger partial charge >= 0.3 is 0 Å². The van der Waals surface area contributed by atoms with Crippen molar-refractivity contribution in [3.05, 3.63) is 28.3 Å². The predicted molar refractivity (Wildman–Crippen MR) is 63.4 cm³/mol. The van der Waals surface area contributed by atoms with E-state index in [1.807, 2.05) is 13.8 Å². The molecule has 0 saturated heterocycles. The Morgan fingerprint density at radius 2 is 1.94 bits per heavy atom. The van der Waals surface area contributed by atoms with Gasteiger partial charge in [0.2, 0.25) is 0 Å². The average Bonchev–Trinajstić information content (AvgIpc) is 2.25. The topological polar surface area (TPSA) is 87.6 Å². The fourth-order valence-corrected chi connectivity index (χ4v) is 1.13. The molecule has 0 aliphatic rings. The monoisotopic (exact) mass is 240 g/mol. The van der Waals surface area contributed by atoms with Gasteiger partial charge < -0.3 is 15.2 Å². The van der Waals surface area contributed by atoms with Crippen LogP contribution in [0.5, 0.6) is 11.5 Å². The molecule has 1 aromatic carbocycles. The molecule has 0 atom stereocenters. The van der Waals surface area contributed by atoms with Crippen molar-refractivity contribution < 1.29 is 14.4 Å². The van der Waals surface area contributed by atoms with Crippen LogP contribution in [0.1, 0.15) is 13.8 Å². The highest BCUT2D eigenvalue weighted by Gasteiger charge is 2.15. The molecule has 17 heavy (non-hydrogen) atoms. The Morgan fingerprint density at radius 3 is 2.41 bits per heavy atom. The summed E-state index contributed by atoms with van der Waals surface area (Å²) in [6.45, 7) is 3.88. The summed E-state index contributed by atoms with van der Waals surface area (Å²) in [6, 6.07) is 4.26. The first kappa shape index (κ1) is 13.2. The third-order valence-corrected chi connectivity index (χ3v) is 1.92. The molecule has 0 fully saturated rings. The van der Waals surface area contributed by atoms with Gasteiger partial charge in [-0.25, -0.2) is 0 Å². The first-order valence-corrected chi connectivity index (χ1v) is 5.07. The van der Waals surface area contributed by atoms with E-state index in [1.54, 1.807) is 6.07 Å². The molecule has 6 heteroatoms. The van der Waals surface area contributed by atoms with Gasteiger partial charge in [-0.1, -0.05) is 0 Å². The molecule has 94 valence electrons. The van der Waals surface area contributed by atoms with Crippen molar-refractivity contribution >= 4 is 5.69 Å². The molecule has 0 aromatic heterocycles. The van der Waals surface area contributed by atoms with E-state index in [9.17, 15) is 10.1 Å². The maximum atomic E-state index is 10.7. The predicted octanol–water partition coefficient (Wildman–Crippen LogP) is 1.72. The van der Waals surface area contributed by atoms with E-state index in [4.69, 9.17) is 15.2 Å². The molecule has 0 saturated carbocycles. The summed E-state index contributed by atoms with van der Waals surface area (Å²) in [7, 11) is 1.44. The third kappa shape index (κ3) is 4.28. The molecular formula is C11H16N2O4. The molecule has 0 bridgehead atoms. The van der Waals surface area contributed by atoms with E-state index in [0.29, 0.717) is 11.5 Å². The minimum absolute atomic E-state index is 0.0748. The van der Waals surface area contributed by atoms with Crippen molar-refractivity contribution in [2.75, 3.05) is 13.7 Å². The van der Waals surface area contributed by atoms with Crippen LogP contribution >= 0.6 is 0 Å². The summed E-state index contributed by atoms with van der Waals surface area (Å²) in [5, 5.41) is 10.7. The number of nitrogens with zero attached hydrogens (tertiary/aromatic N) is 1. The molecule has 6 nitrogen and oxygen atoms in total. The maximum absolute atomic E-state index is 10.7. The Bertz CT molecular complexity index is 412. The van der Waals surface area contributed by atoms with E-state index in [2.05, 4.69) is 0 Å². The van der Waals surface area contributed by atoms with Gasteiger partial charge in [-0.2, -0.15) is 0 Å². The average molecular weight is 240 g/mol. The van der Waals surface area contributed by atoms with Crippen LogP contribution in [-0.2, 0) is 0 Å². The molecular weight excluding hydrogens is 224 g/mol. The van der Waals surface area contributed by atoms with Crippen molar-refractivity contribution in [3.63, 3.8) is 0 Å². The van der Waals surface area contributed by atoms with E-state index < -0.39 is 10.5 Å². The zero-order chi connectivity index (χ0) is 13.1. The maximum Gasteiger partial charge on any atom is 0.276 e. The number of rotatable bonds is 5. The zero-order valence-electron chi connectivity index (χ0n) is 10.1. The molecule has 0 aliphatic heterocycles. The Labute approximate surface area is 99.5 Å². The smallest absolute Gasteiger partial charge is 0.276 e. The number of nitrogens with two attached hydrogens (primary N) is 1. The van der Waals surface area contributed by atoms with Crippen LogP contribution in [0.4, 0.5) is 5.69 Å². The van der Waals surface area contributed by atoms with Crippen LogP contribution < -0.4 is 15.2 Å². The minimum Gasteiger partial charge on any atom is -0.496 e. The van der Waals surface area contributed by atoms with Crippen LogP contribution in [-0.4, -0.2) is 24.2 Å². The Balaban J connectivity index is 2.91. The highest BCUT2D eigenvalue weighted by atomic mass is 16.6. The number of hydrogen-bond acceptors (Lipinski definition) is 5. The molecule has 2 N–H and O–H groups in total. The van der Waals surface area contributed by atoms with Gasteiger partial charge in [0.05, 0.1) is 24.2 Å². The summed E-state index contributed by atoms with van der Waals surface area (Å²) in [5.74, 6) is 0.749. The van der Waals surface area contributed by atoms with Gasteiger partial charge in [0.25, 0.3) is 5.69 Å². The van der Waals surface area contributed by atoms with Crippen molar-refractivity contribution in [2.45, 2.75) is 19.4 Å². The van der Waals surface area contributed by atoms with E-state index >= 15 is 0 Å². The summed E-state index contributed by atoms with van der Waals surface area (Å²) in [6.07, 6.45) is 0. The van der Waals surface area contributed by atoms with Crippen molar-refractivity contribution in [2.24, 2.45) is 5.73 Å². The standard InChI is InChI=1S/C11H16N2O4/c1-11(2,12)7-17-10-5-8(13(14)15)4-9(6-10)16-3/h4-6H,7,12H2,1-3H3. The normalized spacial score (nSPS) is 11.1. The van der Waals surface area contributed by atoms with Crippen LogP contribution in [0.2, 0.25) is 0 Å². The number of nitro benzene ring substituents is 1. The zero-order valence-corrected chi connectivity index (χ0v) is 10.1. The Morgan fingerprint density at radius 1 is 1.35 bits per heavy atom. The lowest BCUT2D eigenvalue weighted by Crippen LogP contribution is -2.38. The van der Waals surface area contributed by atoms with Gasteiger partial charge in [0.1, 0.15) is 18.1 Å². The second kappa shape index (κ2) is 5.01. The van der Waals surface area contributed by atoms with Crippen molar-refractivity contribution in [1.82, 2.24) is 0 Å². The molecule has 0 radical (unpaired) electrons. The summed E-state index contributed by atoms with van der Waals surface area (Å²) in [4.78, 5) is 10.2. The van der Waals surface area contributed by atoms with Gasteiger partial charge in [-0.3, -0.25) is 10.1 Å². The summed E-state index contributed by atoms with van der Waals surface area (Å²) >= 11 is 0. The van der Waals surface area contributed by atoms with Crippen LogP contribution in [0, 0.1) is 10.1 Å². The lowest BCUT2D eigenvalue weighted by atomic mass is 10.1. The molecule has 1 aromatic rings. The number of benzene rings is 1. The fraction of sp³-hybridized carbons (Fsp3) is 0.455. The number of methoxy groups -OCH3 is 1. The second-order valence-corrected chi connectivity index (χ2v) is 4.40. The van der Waals surface area contributed by atoms with E-state index in [0.717, 1.165) is 0 Å². The van der Waals surface area contributed by atoms with Crippen molar-refractivity contribution in [1.29, 1.82) is 0 Å². The van der Waals surface area contributed by atoms with E-state index in [1.165, 1.54) is 19.2 Å². The van der Waals surface area contributed by atoms with E-state index in [-0.39, 0.29) is 12.3 Å². The fourth-order valence-electron chi connectivity index (χ4n) is 1.13. The largest absolute Gasteiger partial charge is 0.496 e. The summed E-state index contributed by atoms with van der Waals surface area (Å²) in [5.41, 5.74) is 5.18. The quantitative estimate of drug-likeness (QED) is 0.625.